The molecule has 4 nitrogen and oxygen atoms in total. The van der Waals surface area contributed by atoms with E-state index in [1.54, 1.807) is 0 Å². The SMILES string of the molecule is CS(=O)(=O)c1ccc(-n2nc(-c3ccc(F)cc3)cc2C(F)(F)F)cc1. The molecule has 0 saturated heterocycles. The van der Waals surface area contributed by atoms with Crippen molar-refractivity contribution in [2.75, 3.05) is 6.26 Å². The summed E-state index contributed by atoms with van der Waals surface area (Å²) in [6.07, 6.45) is -3.68. The lowest BCUT2D eigenvalue weighted by Gasteiger charge is -2.10. The van der Waals surface area contributed by atoms with Gasteiger partial charge in [-0.3, -0.25) is 0 Å². The normalized spacial score (nSPS) is 12.3. The van der Waals surface area contributed by atoms with Crippen LogP contribution in [-0.2, 0) is 16.0 Å². The summed E-state index contributed by atoms with van der Waals surface area (Å²) in [5.74, 6) is -0.513. The number of halogens is 4. The lowest BCUT2D eigenvalue weighted by molar-refractivity contribution is -0.142. The molecule has 0 radical (unpaired) electrons. The van der Waals surface area contributed by atoms with Crippen LogP contribution in [0.1, 0.15) is 5.69 Å². The van der Waals surface area contributed by atoms with Gasteiger partial charge in [0.25, 0.3) is 0 Å². The lowest BCUT2D eigenvalue weighted by atomic mass is 10.1. The largest absolute Gasteiger partial charge is 0.433 e. The summed E-state index contributed by atoms with van der Waals surface area (Å²) < 4.78 is 76.8. The van der Waals surface area contributed by atoms with Gasteiger partial charge in [-0.2, -0.15) is 18.3 Å². The first kappa shape index (κ1) is 18.1. The highest BCUT2D eigenvalue weighted by Gasteiger charge is 2.36. The van der Waals surface area contributed by atoms with Crippen LogP contribution in [0.25, 0.3) is 16.9 Å². The molecule has 0 aliphatic heterocycles. The van der Waals surface area contributed by atoms with E-state index in [-0.39, 0.29) is 16.3 Å². The van der Waals surface area contributed by atoms with Gasteiger partial charge < -0.3 is 0 Å². The van der Waals surface area contributed by atoms with Gasteiger partial charge in [-0.1, -0.05) is 0 Å². The molecule has 3 aromatic rings. The Balaban J connectivity index is 2.12. The molecule has 3 rings (SSSR count). The van der Waals surface area contributed by atoms with Crippen molar-refractivity contribution < 1.29 is 26.0 Å². The number of sulfone groups is 1. The number of benzene rings is 2. The number of alkyl halides is 3. The lowest BCUT2D eigenvalue weighted by Crippen LogP contribution is -2.13. The van der Waals surface area contributed by atoms with Crippen molar-refractivity contribution in [3.8, 4) is 16.9 Å². The minimum Gasteiger partial charge on any atom is -0.228 e. The third kappa shape index (κ3) is 3.62. The Bertz CT molecular complexity index is 1040. The predicted octanol–water partition coefficient (Wildman–Crippen LogP) is 4.10. The molecule has 0 aliphatic rings. The van der Waals surface area contributed by atoms with Crippen molar-refractivity contribution in [2.24, 2.45) is 0 Å². The molecule has 0 N–H and O–H groups in total. The summed E-state index contributed by atoms with van der Waals surface area (Å²) in [5.41, 5.74) is -0.630. The van der Waals surface area contributed by atoms with E-state index in [2.05, 4.69) is 5.10 Å². The van der Waals surface area contributed by atoms with E-state index >= 15 is 0 Å². The molecule has 2 aromatic carbocycles. The Morgan fingerprint density at radius 3 is 2.04 bits per heavy atom. The van der Waals surface area contributed by atoms with Crippen molar-refractivity contribution in [2.45, 2.75) is 11.1 Å². The first-order chi connectivity index (χ1) is 12.1. The average Bonchev–Trinajstić information content (AvgIpc) is 3.00. The highest BCUT2D eigenvalue weighted by atomic mass is 32.2. The molecule has 1 aromatic heterocycles. The standard InChI is InChI=1S/C17H12F4N2O2S/c1-26(24,25)14-8-6-13(7-9-14)23-16(17(19,20)21)10-15(22-23)11-2-4-12(18)5-3-11/h2-10H,1H3. The maximum absolute atomic E-state index is 13.4. The zero-order chi connectivity index (χ0) is 19.1. The monoisotopic (exact) mass is 384 g/mol. The van der Waals surface area contributed by atoms with Crippen molar-refractivity contribution in [3.05, 3.63) is 66.1 Å². The second-order valence-electron chi connectivity index (χ2n) is 5.60. The maximum atomic E-state index is 13.4. The molecule has 0 atom stereocenters. The second kappa shape index (κ2) is 6.24. The third-order valence-electron chi connectivity index (χ3n) is 3.65. The Labute approximate surface area is 146 Å². The Hall–Kier alpha value is -2.68. The number of hydrogen-bond acceptors (Lipinski definition) is 3. The van der Waals surface area contributed by atoms with Gasteiger partial charge >= 0.3 is 6.18 Å². The summed E-state index contributed by atoms with van der Waals surface area (Å²) in [5, 5.41) is 3.96. The van der Waals surface area contributed by atoms with Gasteiger partial charge in [0.15, 0.2) is 9.84 Å². The first-order valence-corrected chi connectivity index (χ1v) is 9.18. The molecule has 0 saturated carbocycles. The number of hydrogen-bond donors (Lipinski definition) is 0. The van der Waals surface area contributed by atoms with Gasteiger partial charge in [-0.05, 0) is 54.6 Å². The molecule has 26 heavy (non-hydrogen) atoms. The maximum Gasteiger partial charge on any atom is 0.433 e. The molecule has 0 unspecified atom stereocenters. The zero-order valence-corrected chi connectivity index (χ0v) is 14.1. The van der Waals surface area contributed by atoms with Crippen molar-refractivity contribution >= 4 is 9.84 Å². The molecule has 0 fully saturated rings. The average molecular weight is 384 g/mol. The van der Waals surface area contributed by atoms with Crippen LogP contribution < -0.4 is 0 Å². The summed E-state index contributed by atoms with van der Waals surface area (Å²) >= 11 is 0. The number of aromatic nitrogens is 2. The fourth-order valence-electron chi connectivity index (χ4n) is 2.38. The Kier molecular flexibility index (Phi) is 4.35. The Morgan fingerprint density at radius 2 is 1.54 bits per heavy atom. The second-order valence-corrected chi connectivity index (χ2v) is 7.61. The summed E-state index contributed by atoms with van der Waals surface area (Å²) in [6, 6.07) is 10.7. The molecular weight excluding hydrogens is 372 g/mol. The van der Waals surface area contributed by atoms with Gasteiger partial charge in [0.2, 0.25) is 0 Å². The van der Waals surface area contributed by atoms with Gasteiger partial charge in [-0.15, -0.1) is 0 Å². The number of rotatable bonds is 3. The fraction of sp³-hybridized carbons (Fsp3) is 0.118. The smallest absolute Gasteiger partial charge is 0.228 e. The van der Waals surface area contributed by atoms with Crippen LogP contribution in [0.5, 0.6) is 0 Å². The summed E-state index contributed by atoms with van der Waals surface area (Å²) in [7, 11) is -3.47. The van der Waals surface area contributed by atoms with Crippen LogP contribution in [0, 0.1) is 5.82 Å². The van der Waals surface area contributed by atoms with Crippen LogP contribution >= 0.6 is 0 Å². The van der Waals surface area contributed by atoms with Crippen molar-refractivity contribution in [1.29, 1.82) is 0 Å². The topological polar surface area (TPSA) is 52.0 Å². The number of nitrogens with zero attached hydrogens (tertiary/aromatic N) is 2. The van der Waals surface area contributed by atoms with E-state index in [0.717, 1.165) is 24.5 Å². The first-order valence-electron chi connectivity index (χ1n) is 7.29. The van der Waals surface area contributed by atoms with E-state index in [1.165, 1.54) is 36.4 Å². The van der Waals surface area contributed by atoms with Gasteiger partial charge in [0.05, 0.1) is 16.3 Å². The molecular formula is C17H12F4N2O2S. The third-order valence-corrected chi connectivity index (χ3v) is 4.78. The van der Waals surface area contributed by atoms with Crippen molar-refractivity contribution in [1.82, 2.24) is 9.78 Å². The van der Waals surface area contributed by atoms with Crippen LogP contribution in [0.2, 0.25) is 0 Å². The zero-order valence-electron chi connectivity index (χ0n) is 13.3. The quantitative estimate of drug-likeness (QED) is 0.639. The van der Waals surface area contributed by atoms with E-state index in [4.69, 9.17) is 0 Å². The van der Waals surface area contributed by atoms with Crippen LogP contribution in [0.3, 0.4) is 0 Å². The highest BCUT2D eigenvalue weighted by Crippen LogP contribution is 2.34. The molecule has 136 valence electrons. The molecule has 1 heterocycles. The van der Waals surface area contributed by atoms with Gasteiger partial charge in [-0.25, -0.2) is 17.5 Å². The van der Waals surface area contributed by atoms with Crippen LogP contribution in [-0.4, -0.2) is 24.5 Å². The summed E-state index contributed by atoms with van der Waals surface area (Å²) in [6.45, 7) is 0. The van der Waals surface area contributed by atoms with Crippen LogP contribution in [0.15, 0.2) is 59.5 Å². The van der Waals surface area contributed by atoms with Gasteiger partial charge in [0.1, 0.15) is 11.5 Å². The van der Waals surface area contributed by atoms with E-state index in [1.807, 2.05) is 0 Å². The molecule has 0 spiro atoms. The highest BCUT2D eigenvalue weighted by molar-refractivity contribution is 7.90. The minimum atomic E-state index is -4.68. The van der Waals surface area contributed by atoms with Crippen LogP contribution in [0.4, 0.5) is 17.6 Å². The molecule has 0 bridgehead atoms. The van der Waals surface area contributed by atoms with E-state index < -0.39 is 27.5 Å². The van der Waals surface area contributed by atoms with E-state index in [9.17, 15) is 26.0 Å². The van der Waals surface area contributed by atoms with Gasteiger partial charge in [0, 0.05) is 11.8 Å². The Morgan fingerprint density at radius 1 is 0.962 bits per heavy atom. The van der Waals surface area contributed by atoms with E-state index in [0.29, 0.717) is 10.2 Å². The molecule has 0 amide bonds. The fourth-order valence-corrected chi connectivity index (χ4v) is 3.01. The molecule has 9 heteroatoms. The van der Waals surface area contributed by atoms with Crippen molar-refractivity contribution in [3.63, 3.8) is 0 Å². The predicted molar refractivity (Wildman–Crippen MR) is 87.1 cm³/mol. The minimum absolute atomic E-state index is 0.0132. The molecule has 0 aliphatic carbocycles. The summed E-state index contributed by atoms with van der Waals surface area (Å²) in [4.78, 5) is -0.0132.